The van der Waals surface area contributed by atoms with Crippen molar-refractivity contribution in [2.75, 3.05) is 31.6 Å². The summed E-state index contributed by atoms with van der Waals surface area (Å²) in [5.74, 6) is -1.06. The summed E-state index contributed by atoms with van der Waals surface area (Å²) in [7, 11) is -3.97. The van der Waals surface area contributed by atoms with Crippen LogP contribution in [0.4, 0.5) is 10.1 Å². The predicted octanol–water partition coefficient (Wildman–Crippen LogP) is 2.87. The number of carbonyl (C=O) groups is 1. The number of halogens is 1. The Kier molecular flexibility index (Phi) is 6.59. The molecule has 0 spiro atoms. The molecule has 1 N–H and O–H groups in total. The van der Waals surface area contributed by atoms with Crippen molar-refractivity contribution in [3.8, 4) is 0 Å². The summed E-state index contributed by atoms with van der Waals surface area (Å²) >= 11 is 1.64. The Morgan fingerprint density at radius 1 is 1.26 bits per heavy atom. The third kappa shape index (κ3) is 5.13. The van der Waals surface area contributed by atoms with Crippen molar-refractivity contribution in [2.45, 2.75) is 24.2 Å². The summed E-state index contributed by atoms with van der Waals surface area (Å²) in [6.45, 7) is 0.922. The Morgan fingerprint density at radius 2 is 2.04 bits per heavy atom. The molecule has 1 aromatic carbocycles. The molecule has 0 saturated carbocycles. The average Bonchev–Trinajstić information content (AvgIpc) is 3.17. The highest BCUT2D eigenvalue weighted by Crippen LogP contribution is 2.24. The van der Waals surface area contributed by atoms with E-state index in [-0.39, 0.29) is 37.9 Å². The number of hydrogen-bond acceptors (Lipinski definition) is 5. The molecule has 0 atom stereocenters. The molecule has 0 bridgehead atoms. The van der Waals surface area contributed by atoms with E-state index >= 15 is 0 Å². The smallest absolute Gasteiger partial charge is 0.246 e. The van der Waals surface area contributed by atoms with Crippen molar-refractivity contribution >= 4 is 33.0 Å². The van der Waals surface area contributed by atoms with Crippen LogP contribution in [0, 0.1) is 5.82 Å². The minimum absolute atomic E-state index is 0.182. The van der Waals surface area contributed by atoms with E-state index in [1.165, 1.54) is 21.3 Å². The highest BCUT2D eigenvalue weighted by molar-refractivity contribution is 7.89. The van der Waals surface area contributed by atoms with Gasteiger partial charge in [0.1, 0.15) is 10.7 Å². The number of ether oxygens (including phenoxy) is 1. The molecule has 2 heterocycles. The highest BCUT2D eigenvalue weighted by atomic mass is 32.2. The molecule has 146 valence electrons. The zero-order chi connectivity index (χ0) is 19.3. The molecule has 0 aliphatic carbocycles. The molecule has 0 radical (unpaired) electrons. The number of thiophene rings is 1. The molecule has 1 fully saturated rings. The third-order valence-corrected chi connectivity index (χ3v) is 7.06. The third-order valence-electron chi connectivity index (χ3n) is 4.21. The van der Waals surface area contributed by atoms with Gasteiger partial charge >= 0.3 is 0 Å². The average molecular weight is 413 g/mol. The van der Waals surface area contributed by atoms with Gasteiger partial charge in [0.25, 0.3) is 0 Å². The Bertz CT molecular complexity index is 879. The van der Waals surface area contributed by atoms with Crippen LogP contribution in [-0.2, 0) is 26.0 Å². The maximum atomic E-state index is 14.2. The number of nitrogens with zero attached hydrogens (tertiary/aromatic N) is 1. The van der Waals surface area contributed by atoms with Gasteiger partial charge in [0.2, 0.25) is 15.9 Å². The normalized spacial score (nSPS) is 15.6. The van der Waals surface area contributed by atoms with Crippen molar-refractivity contribution < 1.29 is 22.3 Å². The fourth-order valence-electron chi connectivity index (χ4n) is 2.81. The summed E-state index contributed by atoms with van der Waals surface area (Å²) in [5, 5.41) is 4.65. The van der Waals surface area contributed by atoms with Crippen LogP contribution >= 0.6 is 11.3 Å². The van der Waals surface area contributed by atoms with E-state index in [1.807, 2.05) is 17.5 Å². The van der Waals surface area contributed by atoms with E-state index in [2.05, 4.69) is 5.32 Å². The van der Waals surface area contributed by atoms with Crippen molar-refractivity contribution in [3.63, 3.8) is 0 Å². The Morgan fingerprint density at radius 3 is 2.74 bits per heavy atom. The maximum Gasteiger partial charge on any atom is 0.246 e. The topological polar surface area (TPSA) is 75.7 Å². The van der Waals surface area contributed by atoms with Gasteiger partial charge < -0.3 is 10.1 Å². The number of hydrogen-bond donors (Lipinski definition) is 1. The number of carbonyl (C=O) groups excluding carboxylic acids is 1. The van der Waals surface area contributed by atoms with Crippen molar-refractivity contribution in [2.24, 2.45) is 0 Å². The lowest BCUT2D eigenvalue weighted by Gasteiger charge is -2.26. The minimum atomic E-state index is -3.97. The molecular weight excluding hydrogens is 391 g/mol. The maximum absolute atomic E-state index is 14.2. The van der Waals surface area contributed by atoms with Gasteiger partial charge in [0.15, 0.2) is 0 Å². The SMILES string of the molecule is O=C(CCCc1cccs1)Nc1ccc(F)c(S(=O)(=O)N2CCOCC2)c1. The van der Waals surface area contributed by atoms with Gasteiger partial charge in [-0.2, -0.15) is 4.31 Å². The first-order chi connectivity index (χ1) is 13.0. The van der Waals surface area contributed by atoms with Gasteiger partial charge in [-0.15, -0.1) is 11.3 Å². The lowest BCUT2D eigenvalue weighted by atomic mass is 10.2. The van der Waals surface area contributed by atoms with Crippen LogP contribution in [0.15, 0.2) is 40.6 Å². The largest absolute Gasteiger partial charge is 0.379 e. The number of amides is 1. The first kappa shape index (κ1) is 19.9. The number of nitrogens with one attached hydrogen (secondary N) is 1. The Labute approximate surface area is 162 Å². The molecule has 1 amide bonds. The van der Waals surface area contributed by atoms with Crippen LogP contribution in [0.1, 0.15) is 17.7 Å². The lowest BCUT2D eigenvalue weighted by Crippen LogP contribution is -2.40. The molecule has 6 nitrogen and oxygen atoms in total. The monoisotopic (exact) mass is 412 g/mol. The number of anilines is 1. The second kappa shape index (κ2) is 8.92. The number of aryl methyl sites for hydroxylation is 1. The van der Waals surface area contributed by atoms with Crippen molar-refractivity contribution in [3.05, 3.63) is 46.4 Å². The zero-order valence-corrected chi connectivity index (χ0v) is 16.3. The zero-order valence-electron chi connectivity index (χ0n) is 14.7. The van der Waals surface area contributed by atoms with E-state index in [0.29, 0.717) is 12.8 Å². The summed E-state index contributed by atoms with van der Waals surface area (Å²) in [6.07, 6.45) is 1.80. The fourth-order valence-corrected chi connectivity index (χ4v) is 5.06. The van der Waals surface area contributed by atoms with Gasteiger partial charge in [-0.3, -0.25) is 4.79 Å². The minimum Gasteiger partial charge on any atom is -0.379 e. The van der Waals surface area contributed by atoms with Gasteiger partial charge in [-0.1, -0.05) is 6.07 Å². The first-order valence-electron chi connectivity index (χ1n) is 8.66. The van der Waals surface area contributed by atoms with E-state index in [4.69, 9.17) is 4.74 Å². The lowest BCUT2D eigenvalue weighted by molar-refractivity contribution is -0.116. The molecular formula is C18H21FN2O4S2. The molecule has 0 unspecified atom stereocenters. The Hall–Kier alpha value is -1.81. The van der Waals surface area contributed by atoms with Crippen LogP contribution < -0.4 is 5.32 Å². The quantitative estimate of drug-likeness (QED) is 0.759. The fraction of sp³-hybridized carbons (Fsp3) is 0.389. The number of rotatable bonds is 7. The summed E-state index contributed by atoms with van der Waals surface area (Å²) < 4.78 is 45.8. The van der Waals surface area contributed by atoms with Crippen LogP contribution in [0.3, 0.4) is 0 Å². The first-order valence-corrected chi connectivity index (χ1v) is 11.0. The number of benzene rings is 1. The van der Waals surface area contributed by atoms with Crippen LogP contribution in [0.2, 0.25) is 0 Å². The highest BCUT2D eigenvalue weighted by Gasteiger charge is 2.29. The number of morpholine rings is 1. The molecule has 3 rings (SSSR count). The molecule has 27 heavy (non-hydrogen) atoms. The van der Waals surface area contributed by atoms with Gasteiger partial charge in [-0.05, 0) is 42.5 Å². The predicted molar refractivity (Wildman–Crippen MR) is 102 cm³/mol. The standard InChI is InChI=1S/C18H21FN2O4S2/c19-16-7-6-14(20-18(22)5-1-3-15-4-2-12-26-15)13-17(16)27(23,24)21-8-10-25-11-9-21/h2,4,6-7,12-13H,1,3,5,8-11H2,(H,20,22). The van der Waals surface area contributed by atoms with E-state index in [0.717, 1.165) is 12.5 Å². The van der Waals surface area contributed by atoms with E-state index in [1.54, 1.807) is 11.3 Å². The van der Waals surface area contributed by atoms with Gasteiger partial charge in [-0.25, -0.2) is 12.8 Å². The Balaban J connectivity index is 1.64. The second-order valence-corrected chi connectivity index (χ2v) is 9.08. The van der Waals surface area contributed by atoms with Crippen LogP contribution in [-0.4, -0.2) is 44.9 Å². The van der Waals surface area contributed by atoms with Gasteiger partial charge in [0.05, 0.1) is 13.2 Å². The molecule has 2 aromatic rings. The summed E-state index contributed by atoms with van der Waals surface area (Å²) in [6, 6.07) is 7.59. The second-order valence-electron chi connectivity index (χ2n) is 6.14. The van der Waals surface area contributed by atoms with Crippen molar-refractivity contribution in [1.29, 1.82) is 0 Å². The molecule has 1 aliphatic rings. The molecule has 1 saturated heterocycles. The van der Waals surface area contributed by atoms with Crippen LogP contribution in [0.5, 0.6) is 0 Å². The summed E-state index contributed by atoms with van der Waals surface area (Å²) in [5.41, 5.74) is 0.268. The van der Waals surface area contributed by atoms with Gasteiger partial charge in [0, 0.05) is 30.1 Å². The van der Waals surface area contributed by atoms with Crippen LogP contribution in [0.25, 0.3) is 0 Å². The molecule has 1 aliphatic heterocycles. The molecule has 1 aromatic heterocycles. The van der Waals surface area contributed by atoms with E-state index in [9.17, 15) is 17.6 Å². The number of sulfonamides is 1. The van der Waals surface area contributed by atoms with Crippen molar-refractivity contribution in [1.82, 2.24) is 4.31 Å². The summed E-state index contributed by atoms with van der Waals surface area (Å²) in [4.78, 5) is 12.9. The molecule has 9 heteroatoms. The van der Waals surface area contributed by atoms with E-state index < -0.39 is 20.7 Å².